The number of piperazine rings is 1. The number of pyridine rings is 1. The molecule has 1 aliphatic heterocycles. The molecule has 1 aliphatic rings. The first-order valence-electron chi connectivity index (χ1n) is 8.02. The number of rotatable bonds is 5. The van der Waals surface area contributed by atoms with Crippen LogP contribution in [-0.2, 0) is 16.6 Å². The predicted octanol–water partition coefficient (Wildman–Crippen LogP) is 0.959. The molecule has 0 saturated carbocycles. The first-order valence-corrected chi connectivity index (χ1v) is 9.56. The summed E-state index contributed by atoms with van der Waals surface area (Å²) in [5.74, 6) is 0. The van der Waals surface area contributed by atoms with Crippen molar-refractivity contribution in [2.75, 3.05) is 31.1 Å². The van der Waals surface area contributed by atoms with Gasteiger partial charge in [0.2, 0.25) is 10.0 Å². The molecule has 1 fully saturated rings. The number of nitro groups is 1. The normalized spacial score (nSPS) is 15.8. The topological polar surface area (TPSA) is 123 Å². The molecule has 1 saturated heterocycles. The van der Waals surface area contributed by atoms with E-state index in [0.29, 0.717) is 18.8 Å². The van der Waals surface area contributed by atoms with E-state index in [9.17, 15) is 18.5 Å². The van der Waals surface area contributed by atoms with E-state index in [1.807, 2.05) is 17.0 Å². The number of non-ortho nitro benzene ring substituents is 1. The average molecular weight is 377 g/mol. The van der Waals surface area contributed by atoms with Crippen LogP contribution in [0.2, 0.25) is 0 Å². The Balaban J connectivity index is 1.76. The fraction of sp³-hybridized carbons (Fsp3) is 0.312. The number of nitrogens with zero attached hydrogens (tertiary/aromatic N) is 4. The zero-order valence-corrected chi connectivity index (χ0v) is 14.8. The molecule has 1 aromatic heterocycles. The molecule has 2 N–H and O–H groups in total. The SMILES string of the molecule is NS(=O)(=O)c1cc([N+](=O)[O-])ccc1N1CCN(Cc2ccncc2)CC1. The van der Waals surface area contributed by atoms with Gasteiger partial charge in [-0.25, -0.2) is 13.6 Å². The lowest BCUT2D eigenvalue weighted by molar-refractivity contribution is -0.385. The molecule has 0 amide bonds. The van der Waals surface area contributed by atoms with Crippen molar-refractivity contribution in [2.45, 2.75) is 11.4 Å². The van der Waals surface area contributed by atoms with Gasteiger partial charge in [0, 0.05) is 57.3 Å². The van der Waals surface area contributed by atoms with Crippen molar-refractivity contribution in [1.29, 1.82) is 0 Å². The Labute approximate surface area is 151 Å². The molecule has 10 heteroatoms. The second-order valence-electron chi connectivity index (χ2n) is 6.07. The van der Waals surface area contributed by atoms with Crippen LogP contribution in [-0.4, -0.2) is 49.4 Å². The second kappa shape index (κ2) is 7.36. The first-order chi connectivity index (χ1) is 12.3. The predicted molar refractivity (Wildman–Crippen MR) is 96.2 cm³/mol. The van der Waals surface area contributed by atoms with Crippen LogP contribution in [0.5, 0.6) is 0 Å². The Bertz CT molecular complexity index is 896. The zero-order chi connectivity index (χ0) is 18.7. The third-order valence-corrected chi connectivity index (χ3v) is 5.27. The van der Waals surface area contributed by atoms with E-state index < -0.39 is 14.9 Å². The number of benzene rings is 1. The molecule has 2 aromatic rings. The highest BCUT2D eigenvalue weighted by Crippen LogP contribution is 2.29. The second-order valence-corrected chi connectivity index (χ2v) is 7.60. The van der Waals surface area contributed by atoms with E-state index in [1.165, 1.54) is 12.1 Å². The van der Waals surface area contributed by atoms with Crippen molar-refractivity contribution < 1.29 is 13.3 Å². The van der Waals surface area contributed by atoms with Gasteiger partial charge in [-0.1, -0.05) is 0 Å². The van der Waals surface area contributed by atoms with Crippen molar-refractivity contribution in [3.8, 4) is 0 Å². The highest BCUT2D eigenvalue weighted by atomic mass is 32.2. The van der Waals surface area contributed by atoms with Gasteiger partial charge in [0.05, 0.1) is 10.6 Å². The van der Waals surface area contributed by atoms with Crippen molar-refractivity contribution in [1.82, 2.24) is 9.88 Å². The standard InChI is InChI=1S/C16H19N5O4S/c17-26(24,25)16-11-14(21(22)23)1-2-15(16)20-9-7-19(8-10-20)12-13-3-5-18-6-4-13/h1-6,11H,7-10,12H2,(H2,17,24,25). The van der Waals surface area contributed by atoms with Gasteiger partial charge in [-0.05, 0) is 23.8 Å². The summed E-state index contributed by atoms with van der Waals surface area (Å²) in [5, 5.41) is 16.2. The maximum Gasteiger partial charge on any atom is 0.270 e. The molecule has 0 bridgehead atoms. The van der Waals surface area contributed by atoms with Gasteiger partial charge in [0.1, 0.15) is 4.90 Å². The lowest BCUT2D eigenvalue weighted by atomic mass is 10.2. The molecule has 0 spiro atoms. The minimum atomic E-state index is -4.07. The van der Waals surface area contributed by atoms with E-state index in [2.05, 4.69) is 9.88 Å². The van der Waals surface area contributed by atoms with Crippen LogP contribution in [0, 0.1) is 10.1 Å². The maximum atomic E-state index is 11.9. The number of anilines is 1. The minimum absolute atomic E-state index is 0.214. The molecule has 2 heterocycles. The van der Waals surface area contributed by atoms with Crippen molar-refractivity contribution >= 4 is 21.4 Å². The van der Waals surface area contributed by atoms with Crippen LogP contribution >= 0.6 is 0 Å². The molecule has 0 unspecified atom stereocenters. The van der Waals surface area contributed by atoms with Gasteiger partial charge < -0.3 is 4.90 Å². The van der Waals surface area contributed by atoms with E-state index >= 15 is 0 Å². The number of hydrogen-bond acceptors (Lipinski definition) is 7. The third kappa shape index (κ3) is 4.15. The Kier molecular flexibility index (Phi) is 5.16. The molecular weight excluding hydrogens is 358 g/mol. The molecule has 9 nitrogen and oxygen atoms in total. The van der Waals surface area contributed by atoms with Gasteiger partial charge in [-0.2, -0.15) is 0 Å². The van der Waals surface area contributed by atoms with E-state index in [4.69, 9.17) is 5.14 Å². The molecule has 0 aliphatic carbocycles. The van der Waals surface area contributed by atoms with Crippen molar-refractivity contribution in [3.05, 3.63) is 58.4 Å². The van der Waals surface area contributed by atoms with E-state index in [1.54, 1.807) is 12.4 Å². The smallest absolute Gasteiger partial charge is 0.270 e. The highest BCUT2D eigenvalue weighted by Gasteiger charge is 2.25. The lowest BCUT2D eigenvalue weighted by Crippen LogP contribution is -2.46. The summed E-state index contributed by atoms with van der Waals surface area (Å²) in [6.45, 7) is 3.47. The van der Waals surface area contributed by atoms with Crippen molar-refractivity contribution in [3.63, 3.8) is 0 Å². The number of primary sulfonamides is 1. The Morgan fingerprint density at radius 1 is 1.12 bits per heavy atom. The first kappa shape index (κ1) is 18.2. The quantitative estimate of drug-likeness (QED) is 0.608. The molecular formula is C16H19N5O4S. The fourth-order valence-corrected chi connectivity index (χ4v) is 3.77. The van der Waals surface area contributed by atoms with Gasteiger partial charge in [0.15, 0.2) is 0 Å². The number of aromatic nitrogens is 1. The van der Waals surface area contributed by atoms with E-state index in [0.717, 1.165) is 31.3 Å². The molecule has 3 rings (SSSR count). The molecule has 1 aromatic carbocycles. The van der Waals surface area contributed by atoms with Crippen LogP contribution in [0.4, 0.5) is 11.4 Å². The summed E-state index contributed by atoms with van der Waals surface area (Å²) in [7, 11) is -4.07. The van der Waals surface area contributed by atoms with Gasteiger partial charge >= 0.3 is 0 Å². The summed E-state index contributed by atoms with van der Waals surface area (Å²) >= 11 is 0. The zero-order valence-electron chi connectivity index (χ0n) is 14.0. The summed E-state index contributed by atoms with van der Waals surface area (Å²) < 4.78 is 23.8. The number of nitrogens with two attached hydrogens (primary N) is 1. The van der Waals surface area contributed by atoms with Crippen LogP contribution in [0.1, 0.15) is 5.56 Å². The van der Waals surface area contributed by atoms with Gasteiger partial charge in [-0.3, -0.25) is 20.0 Å². The monoisotopic (exact) mass is 377 g/mol. The minimum Gasteiger partial charge on any atom is -0.368 e. The Morgan fingerprint density at radius 3 is 2.35 bits per heavy atom. The van der Waals surface area contributed by atoms with E-state index in [-0.39, 0.29) is 10.6 Å². The lowest BCUT2D eigenvalue weighted by Gasteiger charge is -2.36. The summed E-state index contributed by atoms with van der Waals surface area (Å²) in [6, 6.07) is 7.70. The Hall–Kier alpha value is -2.56. The maximum absolute atomic E-state index is 11.9. The molecule has 138 valence electrons. The highest BCUT2D eigenvalue weighted by molar-refractivity contribution is 7.89. The number of hydrogen-bond donors (Lipinski definition) is 1. The van der Waals surface area contributed by atoms with Crippen molar-refractivity contribution in [2.24, 2.45) is 5.14 Å². The summed E-state index contributed by atoms with van der Waals surface area (Å²) in [5.41, 5.74) is 1.27. The molecule has 0 atom stereocenters. The summed E-state index contributed by atoms with van der Waals surface area (Å²) in [4.78, 5) is 18.2. The average Bonchev–Trinajstić information content (AvgIpc) is 2.62. The van der Waals surface area contributed by atoms with Crippen LogP contribution < -0.4 is 10.0 Å². The van der Waals surface area contributed by atoms with Crippen LogP contribution in [0.3, 0.4) is 0 Å². The Morgan fingerprint density at radius 2 is 1.77 bits per heavy atom. The van der Waals surface area contributed by atoms with Crippen LogP contribution in [0.15, 0.2) is 47.6 Å². The third-order valence-electron chi connectivity index (χ3n) is 4.33. The van der Waals surface area contributed by atoms with Gasteiger partial charge in [0.25, 0.3) is 5.69 Å². The largest absolute Gasteiger partial charge is 0.368 e. The molecule has 0 radical (unpaired) electrons. The fourth-order valence-electron chi connectivity index (χ4n) is 3.00. The molecule has 26 heavy (non-hydrogen) atoms. The number of sulfonamides is 1. The number of nitro benzene ring substituents is 1. The van der Waals surface area contributed by atoms with Crippen LogP contribution in [0.25, 0.3) is 0 Å². The summed E-state index contributed by atoms with van der Waals surface area (Å²) in [6.07, 6.45) is 3.50. The van der Waals surface area contributed by atoms with Gasteiger partial charge in [-0.15, -0.1) is 0 Å².